The Morgan fingerprint density at radius 3 is 2.75 bits per heavy atom. The largest absolute Gasteiger partial charge is 0.384 e. The molecule has 12 heavy (non-hydrogen) atoms. The zero-order chi connectivity index (χ0) is 8.97. The molecule has 1 rings (SSSR count). The molecule has 0 N–H and O–H groups in total. The average molecular weight is 168 g/mol. The lowest BCUT2D eigenvalue weighted by molar-refractivity contribution is 0.202. The minimum atomic E-state index is -0.173. The Hall–Kier alpha value is -0.890. The molecule has 2 heteroatoms. The fourth-order valence-corrected chi connectivity index (χ4v) is 1.15. The summed E-state index contributed by atoms with van der Waals surface area (Å²) in [5.41, 5.74) is 2.14. The third-order valence-corrected chi connectivity index (χ3v) is 1.88. The van der Waals surface area contributed by atoms with Gasteiger partial charge < -0.3 is 4.74 Å². The van der Waals surface area contributed by atoms with Gasteiger partial charge in [0.15, 0.2) is 0 Å². The second-order valence-corrected chi connectivity index (χ2v) is 2.81. The van der Waals surface area contributed by atoms with Gasteiger partial charge in [0.05, 0.1) is 6.61 Å². The zero-order valence-corrected chi connectivity index (χ0v) is 7.43. The van der Waals surface area contributed by atoms with Gasteiger partial charge in [-0.1, -0.05) is 6.07 Å². The summed E-state index contributed by atoms with van der Waals surface area (Å²) in [6.07, 6.45) is 0.850. The van der Waals surface area contributed by atoms with Crippen LogP contribution >= 0.6 is 0 Å². The molecule has 0 heterocycles. The van der Waals surface area contributed by atoms with E-state index in [1.54, 1.807) is 13.2 Å². The van der Waals surface area contributed by atoms with Gasteiger partial charge in [0.1, 0.15) is 5.82 Å². The summed E-state index contributed by atoms with van der Waals surface area (Å²) in [6, 6.07) is 4.84. The molecule has 1 nitrogen and oxygen atoms in total. The molecule has 0 amide bonds. The number of methoxy groups -OCH3 is 1. The Morgan fingerprint density at radius 1 is 1.42 bits per heavy atom. The van der Waals surface area contributed by atoms with Crippen LogP contribution in [-0.2, 0) is 11.2 Å². The summed E-state index contributed by atoms with van der Waals surface area (Å²) in [4.78, 5) is 0. The lowest BCUT2D eigenvalue weighted by atomic mass is 10.1. The van der Waals surface area contributed by atoms with Gasteiger partial charge in [-0.25, -0.2) is 4.39 Å². The smallest absolute Gasteiger partial charge is 0.123 e. The van der Waals surface area contributed by atoms with E-state index >= 15 is 0 Å². The van der Waals surface area contributed by atoms with Crippen LogP contribution in [0.25, 0.3) is 0 Å². The summed E-state index contributed by atoms with van der Waals surface area (Å²) >= 11 is 0. The molecule has 0 aliphatic rings. The number of hydrogen-bond acceptors (Lipinski definition) is 1. The van der Waals surface area contributed by atoms with Crippen LogP contribution in [0.4, 0.5) is 4.39 Å². The van der Waals surface area contributed by atoms with Crippen LogP contribution in [0, 0.1) is 12.7 Å². The van der Waals surface area contributed by atoms with Crippen molar-refractivity contribution in [3.63, 3.8) is 0 Å². The van der Waals surface area contributed by atoms with Crippen molar-refractivity contribution in [1.82, 2.24) is 0 Å². The maximum atomic E-state index is 12.6. The van der Waals surface area contributed by atoms with E-state index in [-0.39, 0.29) is 5.82 Å². The second-order valence-electron chi connectivity index (χ2n) is 2.81. The van der Waals surface area contributed by atoms with Crippen molar-refractivity contribution in [3.05, 3.63) is 35.1 Å². The topological polar surface area (TPSA) is 9.23 Å². The molecule has 0 aliphatic heterocycles. The minimum Gasteiger partial charge on any atom is -0.384 e. The fourth-order valence-electron chi connectivity index (χ4n) is 1.15. The Balaban J connectivity index is 2.72. The predicted molar refractivity (Wildman–Crippen MR) is 46.7 cm³/mol. The Morgan fingerprint density at radius 2 is 2.17 bits per heavy atom. The van der Waals surface area contributed by atoms with Gasteiger partial charge in [-0.15, -0.1) is 0 Å². The molecule has 0 unspecified atom stereocenters. The first kappa shape index (κ1) is 9.20. The highest BCUT2D eigenvalue weighted by molar-refractivity contribution is 5.26. The second kappa shape index (κ2) is 4.21. The van der Waals surface area contributed by atoms with E-state index < -0.39 is 0 Å². The summed E-state index contributed by atoms with van der Waals surface area (Å²) in [6.45, 7) is 2.60. The van der Waals surface area contributed by atoms with Crippen molar-refractivity contribution in [2.24, 2.45) is 0 Å². The molecule has 0 fully saturated rings. The molecule has 0 atom stereocenters. The van der Waals surface area contributed by atoms with Gasteiger partial charge in [-0.05, 0) is 36.6 Å². The van der Waals surface area contributed by atoms with Crippen molar-refractivity contribution in [2.45, 2.75) is 13.3 Å². The molecule has 0 aliphatic carbocycles. The fraction of sp³-hybridized carbons (Fsp3) is 0.400. The Kier molecular flexibility index (Phi) is 3.23. The first-order valence-corrected chi connectivity index (χ1v) is 3.98. The maximum absolute atomic E-state index is 12.6. The standard InChI is InChI=1S/C10H13FO/c1-8-7-10(11)4-3-9(8)5-6-12-2/h3-4,7H,5-6H2,1-2H3. The molecular weight excluding hydrogens is 155 g/mol. The predicted octanol–water partition coefficient (Wildman–Crippen LogP) is 2.32. The van der Waals surface area contributed by atoms with Crippen LogP contribution in [0.1, 0.15) is 11.1 Å². The highest BCUT2D eigenvalue weighted by Gasteiger charge is 1.98. The maximum Gasteiger partial charge on any atom is 0.123 e. The number of halogens is 1. The molecule has 0 bridgehead atoms. The molecule has 0 spiro atoms. The number of ether oxygens (including phenoxy) is 1. The average Bonchev–Trinajstić information content (AvgIpc) is 2.03. The lowest BCUT2D eigenvalue weighted by Crippen LogP contribution is -1.97. The highest BCUT2D eigenvalue weighted by Crippen LogP contribution is 2.10. The first-order chi connectivity index (χ1) is 5.74. The van der Waals surface area contributed by atoms with Crippen LogP contribution in [-0.4, -0.2) is 13.7 Å². The minimum absolute atomic E-state index is 0.173. The Bertz CT molecular complexity index is 258. The highest BCUT2D eigenvalue weighted by atomic mass is 19.1. The van der Waals surface area contributed by atoms with Crippen molar-refractivity contribution >= 4 is 0 Å². The molecule has 1 aromatic rings. The third-order valence-electron chi connectivity index (χ3n) is 1.88. The SMILES string of the molecule is COCCc1ccc(F)cc1C. The summed E-state index contributed by atoms with van der Waals surface area (Å²) in [5.74, 6) is -0.173. The van der Waals surface area contributed by atoms with Crippen LogP contribution in [0.3, 0.4) is 0 Å². The summed E-state index contributed by atoms with van der Waals surface area (Å²) < 4.78 is 17.6. The third kappa shape index (κ3) is 2.31. The van der Waals surface area contributed by atoms with Crippen molar-refractivity contribution in [1.29, 1.82) is 0 Å². The summed E-state index contributed by atoms with van der Waals surface area (Å²) in [5, 5.41) is 0. The van der Waals surface area contributed by atoms with Gasteiger partial charge in [-0.3, -0.25) is 0 Å². The van der Waals surface area contributed by atoms with Gasteiger partial charge in [-0.2, -0.15) is 0 Å². The Labute approximate surface area is 72.2 Å². The first-order valence-electron chi connectivity index (χ1n) is 3.98. The van der Waals surface area contributed by atoms with E-state index in [0.29, 0.717) is 6.61 Å². The van der Waals surface area contributed by atoms with Gasteiger partial charge in [0, 0.05) is 7.11 Å². The van der Waals surface area contributed by atoms with Crippen LogP contribution in [0.5, 0.6) is 0 Å². The quantitative estimate of drug-likeness (QED) is 0.673. The van der Waals surface area contributed by atoms with Crippen LogP contribution in [0.2, 0.25) is 0 Å². The van der Waals surface area contributed by atoms with Crippen LogP contribution < -0.4 is 0 Å². The van der Waals surface area contributed by atoms with E-state index in [1.807, 2.05) is 13.0 Å². The van der Waals surface area contributed by atoms with E-state index in [2.05, 4.69) is 0 Å². The normalized spacial score (nSPS) is 10.2. The van der Waals surface area contributed by atoms with Crippen molar-refractivity contribution in [3.8, 4) is 0 Å². The molecule has 0 radical (unpaired) electrons. The van der Waals surface area contributed by atoms with E-state index in [1.165, 1.54) is 6.07 Å². The zero-order valence-electron chi connectivity index (χ0n) is 7.43. The molecule has 0 aromatic heterocycles. The molecule has 66 valence electrons. The lowest BCUT2D eigenvalue weighted by Gasteiger charge is -2.04. The van der Waals surface area contributed by atoms with Crippen molar-refractivity contribution < 1.29 is 9.13 Å². The number of aryl methyl sites for hydroxylation is 1. The van der Waals surface area contributed by atoms with Gasteiger partial charge >= 0.3 is 0 Å². The van der Waals surface area contributed by atoms with E-state index in [4.69, 9.17) is 4.74 Å². The van der Waals surface area contributed by atoms with E-state index in [0.717, 1.165) is 17.5 Å². The summed E-state index contributed by atoms with van der Waals surface area (Å²) in [7, 11) is 1.67. The van der Waals surface area contributed by atoms with Gasteiger partial charge in [0.2, 0.25) is 0 Å². The number of benzene rings is 1. The van der Waals surface area contributed by atoms with E-state index in [9.17, 15) is 4.39 Å². The number of hydrogen-bond donors (Lipinski definition) is 0. The van der Waals surface area contributed by atoms with Gasteiger partial charge in [0.25, 0.3) is 0 Å². The number of rotatable bonds is 3. The molecule has 0 saturated carbocycles. The monoisotopic (exact) mass is 168 g/mol. The molecule has 1 aromatic carbocycles. The van der Waals surface area contributed by atoms with Crippen molar-refractivity contribution in [2.75, 3.05) is 13.7 Å². The van der Waals surface area contributed by atoms with Crippen LogP contribution in [0.15, 0.2) is 18.2 Å². The molecular formula is C10H13FO. The molecule has 0 saturated heterocycles.